The molecule has 0 saturated carbocycles. The molecule has 0 radical (unpaired) electrons. The second kappa shape index (κ2) is 6.05. The second-order valence-corrected chi connectivity index (χ2v) is 5.36. The highest BCUT2D eigenvalue weighted by Gasteiger charge is 2.08. The fourth-order valence-electron chi connectivity index (χ4n) is 1.83. The lowest BCUT2D eigenvalue weighted by atomic mass is 10.1. The standard InChI is InChI=1S/C15H14BrFN2O/c1-9-2-4-12(16)14(6-9)19-8-11-7-10(15(18)20)3-5-13(11)17/h2-7,19H,8H2,1H3,(H2,18,20). The molecular formula is C15H14BrFN2O. The molecule has 0 saturated heterocycles. The van der Waals surface area contributed by atoms with E-state index in [9.17, 15) is 9.18 Å². The lowest BCUT2D eigenvalue weighted by molar-refractivity contribution is 0.1000. The zero-order chi connectivity index (χ0) is 14.7. The number of nitrogens with two attached hydrogens (primary N) is 1. The summed E-state index contributed by atoms with van der Waals surface area (Å²) in [5.41, 5.74) is 7.86. The number of aryl methyl sites for hydroxylation is 1. The number of anilines is 1. The molecule has 0 heterocycles. The van der Waals surface area contributed by atoms with E-state index in [0.29, 0.717) is 11.1 Å². The minimum absolute atomic E-state index is 0.273. The normalized spacial score (nSPS) is 10.3. The van der Waals surface area contributed by atoms with Gasteiger partial charge in [-0.05, 0) is 58.7 Å². The number of carbonyl (C=O) groups excluding carboxylic acids is 1. The van der Waals surface area contributed by atoms with Crippen LogP contribution < -0.4 is 11.1 Å². The van der Waals surface area contributed by atoms with Gasteiger partial charge in [0.25, 0.3) is 0 Å². The molecule has 5 heteroatoms. The Hall–Kier alpha value is -1.88. The smallest absolute Gasteiger partial charge is 0.248 e. The van der Waals surface area contributed by atoms with Crippen molar-refractivity contribution < 1.29 is 9.18 Å². The Morgan fingerprint density at radius 1 is 1.30 bits per heavy atom. The third kappa shape index (κ3) is 3.36. The van der Waals surface area contributed by atoms with Crippen LogP contribution in [0.4, 0.5) is 10.1 Å². The van der Waals surface area contributed by atoms with Crippen molar-refractivity contribution in [1.82, 2.24) is 0 Å². The molecule has 0 bridgehead atoms. The molecule has 2 aromatic carbocycles. The third-order valence-corrected chi connectivity index (χ3v) is 3.61. The molecule has 0 unspecified atom stereocenters. The number of hydrogen-bond acceptors (Lipinski definition) is 2. The first-order valence-electron chi connectivity index (χ1n) is 6.05. The van der Waals surface area contributed by atoms with Crippen molar-refractivity contribution in [2.75, 3.05) is 5.32 Å². The molecular weight excluding hydrogens is 323 g/mol. The molecule has 1 amide bonds. The first kappa shape index (κ1) is 14.5. The van der Waals surface area contributed by atoms with E-state index in [0.717, 1.165) is 15.7 Å². The predicted molar refractivity (Wildman–Crippen MR) is 81.1 cm³/mol. The van der Waals surface area contributed by atoms with Crippen molar-refractivity contribution in [3.05, 3.63) is 63.4 Å². The van der Waals surface area contributed by atoms with Gasteiger partial charge >= 0.3 is 0 Å². The Bertz CT molecular complexity index is 658. The molecule has 0 aromatic heterocycles. The average Bonchev–Trinajstić information content (AvgIpc) is 2.41. The number of nitrogens with one attached hydrogen (secondary N) is 1. The van der Waals surface area contributed by atoms with Gasteiger partial charge in [-0.15, -0.1) is 0 Å². The van der Waals surface area contributed by atoms with E-state index in [1.54, 1.807) is 0 Å². The Labute approximate surface area is 125 Å². The van der Waals surface area contributed by atoms with Gasteiger partial charge in [-0.25, -0.2) is 4.39 Å². The topological polar surface area (TPSA) is 55.1 Å². The number of carbonyl (C=O) groups is 1. The van der Waals surface area contributed by atoms with Gasteiger partial charge in [0.2, 0.25) is 5.91 Å². The summed E-state index contributed by atoms with van der Waals surface area (Å²) in [5.74, 6) is -0.936. The summed E-state index contributed by atoms with van der Waals surface area (Å²) in [5, 5.41) is 3.14. The Morgan fingerprint density at radius 3 is 2.75 bits per heavy atom. The maximum Gasteiger partial charge on any atom is 0.248 e. The molecule has 0 aliphatic rings. The maximum atomic E-state index is 13.7. The van der Waals surface area contributed by atoms with E-state index in [2.05, 4.69) is 21.2 Å². The molecule has 3 nitrogen and oxygen atoms in total. The third-order valence-electron chi connectivity index (χ3n) is 2.92. The highest BCUT2D eigenvalue weighted by atomic mass is 79.9. The highest BCUT2D eigenvalue weighted by molar-refractivity contribution is 9.10. The van der Waals surface area contributed by atoms with Crippen LogP contribution in [0.2, 0.25) is 0 Å². The van der Waals surface area contributed by atoms with E-state index < -0.39 is 5.91 Å². The Morgan fingerprint density at radius 2 is 2.05 bits per heavy atom. The van der Waals surface area contributed by atoms with Crippen LogP contribution in [-0.2, 0) is 6.54 Å². The summed E-state index contributed by atoms with van der Waals surface area (Å²) in [4.78, 5) is 11.1. The van der Waals surface area contributed by atoms with Crippen molar-refractivity contribution in [3.63, 3.8) is 0 Å². The minimum atomic E-state index is -0.567. The van der Waals surface area contributed by atoms with Gasteiger partial charge in [-0.2, -0.15) is 0 Å². The summed E-state index contributed by atoms with van der Waals surface area (Å²) in [6.07, 6.45) is 0. The number of primary amides is 1. The van der Waals surface area contributed by atoms with Crippen molar-refractivity contribution in [1.29, 1.82) is 0 Å². The Kier molecular flexibility index (Phi) is 4.39. The van der Waals surface area contributed by atoms with Crippen molar-refractivity contribution >= 4 is 27.5 Å². The largest absolute Gasteiger partial charge is 0.380 e. The summed E-state index contributed by atoms with van der Waals surface area (Å²) >= 11 is 3.43. The summed E-state index contributed by atoms with van der Waals surface area (Å²) in [7, 11) is 0. The van der Waals surface area contributed by atoms with Gasteiger partial charge < -0.3 is 11.1 Å². The van der Waals surface area contributed by atoms with Crippen LogP contribution in [0.25, 0.3) is 0 Å². The molecule has 0 aliphatic carbocycles. The molecule has 0 atom stereocenters. The number of rotatable bonds is 4. The van der Waals surface area contributed by atoms with E-state index in [-0.39, 0.29) is 12.4 Å². The van der Waals surface area contributed by atoms with E-state index in [1.165, 1.54) is 18.2 Å². The van der Waals surface area contributed by atoms with Crippen LogP contribution in [-0.4, -0.2) is 5.91 Å². The zero-order valence-corrected chi connectivity index (χ0v) is 12.5. The molecule has 0 fully saturated rings. The van der Waals surface area contributed by atoms with Gasteiger partial charge in [0.15, 0.2) is 0 Å². The zero-order valence-electron chi connectivity index (χ0n) is 10.9. The fourth-order valence-corrected chi connectivity index (χ4v) is 2.22. The molecule has 0 spiro atoms. The molecule has 3 N–H and O–H groups in total. The predicted octanol–water partition coefficient (Wildman–Crippen LogP) is 3.61. The van der Waals surface area contributed by atoms with Crippen LogP contribution in [0.15, 0.2) is 40.9 Å². The first-order chi connectivity index (χ1) is 9.47. The average molecular weight is 337 g/mol. The monoisotopic (exact) mass is 336 g/mol. The quantitative estimate of drug-likeness (QED) is 0.896. The van der Waals surface area contributed by atoms with Gasteiger partial charge in [-0.1, -0.05) is 6.07 Å². The summed E-state index contributed by atoms with van der Waals surface area (Å²) in [6.45, 7) is 2.25. The number of hydrogen-bond donors (Lipinski definition) is 2. The minimum Gasteiger partial charge on any atom is -0.380 e. The number of halogens is 2. The SMILES string of the molecule is Cc1ccc(Br)c(NCc2cc(C(N)=O)ccc2F)c1. The van der Waals surface area contributed by atoms with Crippen LogP contribution in [0, 0.1) is 12.7 Å². The van der Waals surface area contributed by atoms with E-state index in [1.807, 2.05) is 25.1 Å². The van der Waals surface area contributed by atoms with Crippen molar-refractivity contribution in [2.45, 2.75) is 13.5 Å². The van der Waals surface area contributed by atoms with Crippen molar-refractivity contribution in [2.24, 2.45) is 5.73 Å². The second-order valence-electron chi connectivity index (χ2n) is 4.51. The van der Waals surface area contributed by atoms with E-state index in [4.69, 9.17) is 5.73 Å². The van der Waals surface area contributed by atoms with Crippen LogP contribution in [0.1, 0.15) is 21.5 Å². The molecule has 2 rings (SSSR count). The molecule has 2 aromatic rings. The highest BCUT2D eigenvalue weighted by Crippen LogP contribution is 2.24. The van der Waals surface area contributed by atoms with E-state index >= 15 is 0 Å². The van der Waals surface area contributed by atoms with Crippen LogP contribution >= 0.6 is 15.9 Å². The molecule has 104 valence electrons. The first-order valence-corrected chi connectivity index (χ1v) is 6.85. The van der Waals surface area contributed by atoms with Crippen LogP contribution in [0.5, 0.6) is 0 Å². The van der Waals surface area contributed by atoms with Crippen molar-refractivity contribution in [3.8, 4) is 0 Å². The maximum absolute atomic E-state index is 13.7. The van der Waals surface area contributed by atoms with Gasteiger partial charge in [-0.3, -0.25) is 4.79 Å². The van der Waals surface area contributed by atoms with Gasteiger partial charge in [0.1, 0.15) is 5.82 Å². The lowest BCUT2D eigenvalue weighted by Gasteiger charge is -2.11. The lowest BCUT2D eigenvalue weighted by Crippen LogP contribution is -2.12. The summed E-state index contributed by atoms with van der Waals surface area (Å²) < 4.78 is 14.6. The number of benzene rings is 2. The summed E-state index contributed by atoms with van der Waals surface area (Å²) in [6, 6.07) is 9.96. The fraction of sp³-hybridized carbons (Fsp3) is 0.133. The van der Waals surface area contributed by atoms with Gasteiger partial charge in [0.05, 0.1) is 0 Å². The van der Waals surface area contributed by atoms with Gasteiger partial charge in [0, 0.05) is 27.8 Å². The van der Waals surface area contributed by atoms with Crippen LogP contribution in [0.3, 0.4) is 0 Å². The Balaban J connectivity index is 2.20. The number of amides is 1. The molecule has 0 aliphatic heterocycles. The molecule has 20 heavy (non-hydrogen) atoms.